The van der Waals surface area contributed by atoms with Gasteiger partial charge in [-0.2, -0.15) is 0 Å². The van der Waals surface area contributed by atoms with Gasteiger partial charge in [0, 0.05) is 6.54 Å². The van der Waals surface area contributed by atoms with Gasteiger partial charge in [0.15, 0.2) is 0 Å². The lowest BCUT2D eigenvalue weighted by Gasteiger charge is -2.31. The summed E-state index contributed by atoms with van der Waals surface area (Å²) in [4.78, 5) is 2.43. The van der Waals surface area contributed by atoms with Crippen molar-refractivity contribution in [1.82, 2.24) is 4.90 Å². The Bertz CT molecular complexity index is 361. The van der Waals surface area contributed by atoms with E-state index in [1.807, 2.05) is 0 Å². The van der Waals surface area contributed by atoms with Gasteiger partial charge in [-0.3, -0.25) is 4.90 Å². The van der Waals surface area contributed by atoms with Gasteiger partial charge >= 0.3 is 0 Å². The summed E-state index contributed by atoms with van der Waals surface area (Å²) in [7, 11) is 0. The molecule has 1 aromatic carbocycles. The van der Waals surface area contributed by atoms with E-state index in [0.717, 1.165) is 44.3 Å². The van der Waals surface area contributed by atoms with Crippen LogP contribution >= 0.6 is 0 Å². The van der Waals surface area contributed by atoms with Gasteiger partial charge in [-0.05, 0) is 69.1 Å². The molecule has 1 saturated heterocycles. The molecule has 0 unspecified atom stereocenters. The fourth-order valence-electron chi connectivity index (χ4n) is 2.56. The second kappa shape index (κ2) is 7.46. The number of ether oxygens (including phenoxy) is 1. The van der Waals surface area contributed by atoms with Crippen LogP contribution in [0.2, 0.25) is 0 Å². The molecule has 1 aliphatic rings. The smallest absolute Gasteiger partial charge is 0.123 e. The SMILES string of the molecule is NCCC1CCN(CCOc2ccc(F)cc2)CC1. The number of likely N-dealkylation sites (tertiary alicyclic amines) is 1. The summed E-state index contributed by atoms with van der Waals surface area (Å²) in [5.41, 5.74) is 5.59. The quantitative estimate of drug-likeness (QED) is 0.858. The second-order valence-electron chi connectivity index (χ2n) is 5.16. The van der Waals surface area contributed by atoms with Gasteiger partial charge in [-0.25, -0.2) is 4.39 Å². The summed E-state index contributed by atoms with van der Waals surface area (Å²) in [6, 6.07) is 6.19. The fraction of sp³-hybridized carbons (Fsp3) is 0.600. The Morgan fingerprint density at radius 2 is 1.89 bits per heavy atom. The maximum absolute atomic E-state index is 12.7. The minimum atomic E-state index is -0.227. The number of halogens is 1. The van der Waals surface area contributed by atoms with E-state index in [-0.39, 0.29) is 5.82 Å². The van der Waals surface area contributed by atoms with Crippen LogP contribution in [-0.2, 0) is 0 Å². The molecule has 3 nitrogen and oxygen atoms in total. The summed E-state index contributed by atoms with van der Waals surface area (Å²) in [5.74, 6) is 1.31. The van der Waals surface area contributed by atoms with Crippen LogP contribution in [0.25, 0.3) is 0 Å². The molecule has 2 rings (SSSR count). The zero-order valence-electron chi connectivity index (χ0n) is 11.4. The van der Waals surface area contributed by atoms with Crippen molar-refractivity contribution >= 4 is 0 Å². The molecule has 0 aromatic heterocycles. The van der Waals surface area contributed by atoms with E-state index in [2.05, 4.69) is 4.90 Å². The molecule has 4 heteroatoms. The minimum absolute atomic E-state index is 0.227. The van der Waals surface area contributed by atoms with Gasteiger partial charge in [0.25, 0.3) is 0 Å². The van der Waals surface area contributed by atoms with Crippen LogP contribution in [0.5, 0.6) is 5.75 Å². The molecule has 0 amide bonds. The second-order valence-corrected chi connectivity index (χ2v) is 5.16. The molecule has 106 valence electrons. The number of rotatable bonds is 6. The Kier molecular flexibility index (Phi) is 5.61. The number of nitrogens with two attached hydrogens (primary N) is 1. The maximum atomic E-state index is 12.7. The molecule has 0 spiro atoms. The number of nitrogens with zero attached hydrogens (tertiary/aromatic N) is 1. The maximum Gasteiger partial charge on any atom is 0.123 e. The van der Waals surface area contributed by atoms with Crippen LogP contribution in [0.4, 0.5) is 4.39 Å². The molecule has 0 aliphatic carbocycles. The third kappa shape index (κ3) is 4.80. The molecule has 1 heterocycles. The van der Waals surface area contributed by atoms with E-state index in [1.165, 1.54) is 25.0 Å². The topological polar surface area (TPSA) is 38.5 Å². The Morgan fingerprint density at radius 1 is 1.21 bits per heavy atom. The first-order valence-corrected chi connectivity index (χ1v) is 7.08. The zero-order chi connectivity index (χ0) is 13.5. The Hall–Kier alpha value is -1.13. The predicted molar refractivity (Wildman–Crippen MR) is 74.7 cm³/mol. The normalized spacial score (nSPS) is 17.6. The highest BCUT2D eigenvalue weighted by atomic mass is 19.1. The van der Waals surface area contributed by atoms with E-state index < -0.39 is 0 Å². The summed E-state index contributed by atoms with van der Waals surface area (Å²) in [6.07, 6.45) is 3.64. The van der Waals surface area contributed by atoms with Gasteiger partial charge in [-0.15, -0.1) is 0 Å². The summed E-state index contributed by atoms with van der Waals surface area (Å²) in [6.45, 7) is 4.67. The van der Waals surface area contributed by atoms with E-state index >= 15 is 0 Å². The van der Waals surface area contributed by atoms with Gasteiger partial charge in [0.05, 0.1) is 0 Å². The van der Waals surface area contributed by atoms with Crippen LogP contribution < -0.4 is 10.5 Å². The molecule has 1 fully saturated rings. The molecule has 0 saturated carbocycles. The van der Waals surface area contributed by atoms with E-state index in [9.17, 15) is 4.39 Å². The molecule has 0 radical (unpaired) electrons. The van der Waals surface area contributed by atoms with Crippen LogP contribution in [0.1, 0.15) is 19.3 Å². The third-order valence-electron chi connectivity index (χ3n) is 3.77. The average molecular weight is 266 g/mol. The molecule has 19 heavy (non-hydrogen) atoms. The number of piperidine rings is 1. The first-order valence-electron chi connectivity index (χ1n) is 7.08. The standard InChI is InChI=1S/C15H23FN2O/c16-14-1-3-15(4-2-14)19-12-11-18-9-6-13(5-8-17)7-10-18/h1-4,13H,5-12,17H2. The van der Waals surface area contributed by atoms with Crippen molar-refractivity contribution < 1.29 is 9.13 Å². The fourth-order valence-corrected chi connectivity index (χ4v) is 2.56. The lowest BCUT2D eigenvalue weighted by Crippen LogP contribution is -2.36. The van der Waals surface area contributed by atoms with Crippen molar-refractivity contribution in [2.75, 3.05) is 32.8 Å². The largest absolute Gasteiger partial charge is 0.492 e. The third-order valence-corrected chi connectivity index (χ3v) is 3.77. The average Bonchev–Trinajstić information content (AvgIpc) is 2.43. The van der Waals surface area contributed by atoms with Crippen LogP contribution in [0.3, 0.4) is 0 Å². The Morgan fingerprint density at radius 3 is 2.53 bits per heavy atom. The van der Waals surface area contributed by atoms with Crippen LogP contribution in [0, 0.1) is 11.7 Å². The molecule has 0 atom stereocenters. The molecular formula is C15H23FN2O. The van der Waals surface area contributed by atoms with Crippen LogP contribution in [0.15, 0.2) is 24.3 Å². The van der Waals surface area contributed by atoms with Gasteiger partial charge in [0.2, 0.25) is 0 Å². The van der Waals surface area contributed by atoms with Gasteiger partial charge < -0.3 is 10.5 Å². The van der Waals surface area contributed by atoms with E-state index in [1.54, 1.807) is 12.1 Å². The van der Waals surface area contributed by atoms with Crippen molar-refractivity contribution in [3.8, 4) is 5.75 Å². The highest BCUT2D eigenvalue weighted by Crippen LogP contribution is 2.19. The first kappa shape index (κ1) is 14.3. The van der Waals surface area contributed by atoms with Gasteiger partial charge in [-0.1, -0.05) is 0 Å². The van der Waals surface area contributed by atoms with E-state index in [4.69, 9.17) is 10.5 Å². The number of hydrogen-bond acceptors (Lipinski definition) is 3. The van der Waals surface area contributed by atoms with Crippen molar-refractivity contribution in [2.45, 2.75) is 19.3 Å². The number of hydrogen-bond donors (Lipinski definition) is 1. The molecule has 1 aliphatic heterocycles. The van der Waals surface area contributed by atoms with Crippen molar-refractivity contribution in [3.05, 3.63) is 30.1 Å². The predicted octanol–water partition coefficient (Wildman–Crippen LogP) is 2.27. The Labute approximate surface area is 114 Å². The summed E-state index contributed by atoms with van der Waals surface area (Å²) >= 11 is 0. The highest BCUT2D eigenvalue weighted by molar-refractivity contribution is 5.21. The lowest BCUT2D eigenvalue weighted by atomic mass is 9.94. The monoisotopic (exact) mass is 266 g/mol. The van der Waals surface area contributed by atoms with Crippen molar-refractivity contribution in [1.29, 1.82) is 0 Å². The molecular weight excluding hydrogens is 243 g/mol. The van der Waals surface area contributed by atoms with Gasteiger partial charge in [0.1, 0.15) is 18.2 Å². The Balaban J connectivity index is 1.63. The van der Waals surface area contributed by atoms with Crippen LogP contribution in [-0.4, -0.2) is 37.7 Å². The minimum Gasteiger partial charge on any atom is -0.492 e. The number of benzene rings is 1. The summed E-state index contributed by atoms with van der Waals surface area (Å²) < 4.78 is 18.3. The highest BCUT2D eigenvalue weighted by Gasteiger charge is 2.18. The summed E-state index contributed by atoms with van der Waals surface area (Å²) in [5, 5.41) is 0. The molecule has 1 aromatic rings. The zero-order valence-corrected chi connectivity index (χ0v) is 11.4. The molecule has 0 bridgehead atoms. The van der Waals surface area contributed by atoms with E-state index in [0.29, 0.717) is 6.61 Å². The molecule has 2 N–H and O–H groups in total. The van der Waals surface area contributed by atoms with Crippen molar-refractivity contribution in [2.24, 2.45) is 11.7 Å². The van der Waals surface area contributed by atoms with Crippen molar-refractivity contribution in [3.63, 3.8) is 0 Å². The first-order chi connectivity index (χ1) is 9.28. The lowest BCUT2D eigenvalue weighted by molar-refractivity contribution is 0.152.